The number of nitrogens with zero attached hydrogens (tertiary/aromatic N) is 1. The maximum atomic E-state index is 11.9. The van der Waals surface area contributed by atoms with Crippen molar-refractivity contribution in [3.05, 3.63) is 64.7 Å². The summed E-state index contributed by atoms with van der Waals surface area (Å²) >= 11 is 5.83. The Labute approximate surface area is 172 Å². The van der Waals surface area contributed by atoms with Gasteiger partial charge in [-0.1, -0.05) is 70.5 Å². The van der Waals surface area contributed by atoms with Gasteiger partial charge in [-0.05, 0) is 52.6 Å². The van der Waals surface area contributed by atoms with Crippen molar-refractivity contribution in [3.8, 4) is 5.75 Å². The molecule has 28 heavy (non-hydrogen) atoms. The van der Waals surface area contributed by atoms with Crippen LogP contribution >= 0.6 is 11.6 Å². The Balaban J connectivity index is 1.84. The van der Waals surface area contributed by atoms with Crippen molar-refractivity contribution in [2.75, 3.05) is 6.61 Å². The van der Waals surface area contributed by atoms with Crippen LogP contribution in [0.5, 0.6) is 5.75 Å². The topological polar surface area (TPSA) is 50.7 Å². The average molecular weight is 401 g/mol. The van der Waals surface area contributed by atoms with Crippen LogP contribution in [-0.4, -0.2) is 18.7 Å². The molecule has 0 saturated heterocycles. The third kappa shape index (κ3) is 7.35. The first-order valence-corrected chi connectivity index (χ1v) is 9.74. The highest BCUT2D eigenvalue weighted by Crippen LogP contribution is 2.36. The summed E-state index contributed by atoms with van der Waals surface area (Å²) in [6.45, 7) is 11.2. The van der Waals surface area contributed by atoms with Gasteiger partial charge in [0.15, 0.2) is 6.61 Å². The smallest absolute Gasteiger partial charge is 0.277 e. The number of ether oxygens (including phenoxy) is 1. The number of benzene rings is 2. The summed E-state index contributed by atoms with van der Waals surface area (Å²) in [5, 5.41) is 4.57. The van der Waals surface area contributed by atoms with E-state index in [4.69, 9.17) is 16.3 Å². The van der Waals surface area contributed by atoms with Crippen LogP contribution < -0.4 is 10.2 Å². The molecule has 150 valence electrons. The molecule has 0 aliphatic rings. The monoisotopic (exact) mass is 400 g/mol. The van der Waals surface area contributed by atoms with Gasteiger partial charge in [-0.15, -0.1) is 0 Å². The van der Waals surface area contributed by atoms with Gasteiger partial charge < -0.3 is 4.74 Å². The number of halogens is 1. The first-order chi connectivity index (χ1) is 13.0. The molecule has 0 bridgehead atoms. The van der Waals surface area contributed by atoms with Crippen LogP contribution in [0.3, 0.4) is 0 Å². The van der Waals surface area contributed by atoms with E-state index < -0.39 is 0 Å². The van der Waals surface area contributed by atoms with Crippen molar-refractivity contribution in [1.29, 1.82) is 0 Å². The standard InChI is InChI=1S/C23H29ClN2O2/c1-22(2,3)16-23(4,5)18-8-12-20(13-9-18)28-15-21(27)26-25-14-17-6-10-19(24)11-7-17/h6-14H,15-16H2,1-5H3,(H,26,27)/b25-14+. The maximum Gasteiger partial charge on any atom is 0.277 e. The van der Waals surface area contributed by atoms with Gasteiger partial charge in [-0.25, -0.2) is 5.43 Å². The number of hydrazone groups is 1. The maximum absolute atomic E-state index is 11.9. The average Bonchev–Trinajstić information content (AvgIpc) is 2.60. The highest BCUT2D eigenvalue weighted by molar-refractivity contribution is 6.30. The van der Waals surface area contributed by atoms with Crippen molar-refractivity contribution >= 4 is 23.7 Å². The van der Waals surface area contributed by atoms with E-state index in [9.17, 15) is 4.79 Å². The highest BCUT2D eigenvalue weighted by atomic mass is 35.5. The Morgan fingerprint density at radius 2 is 1.64 bits per heavy atom. The number of rotatable bonds is 7. The Kier molecular flexibility index (Phi) is 7.25. The molecule has 0 aromatic heterocycles. The molecule has 4 nitrogen and oxygen atoms in total. The summed E-state index contributed by atoms with van der Waals surface area (Å²) in [6.07, 6.45) is 2.63. The minimum atomic E-state index is -0.317. The zero-order valence-corrected chi connectivity index (χ0v) is 18.0. The number of hydrogen-bond donors (Lipinski definition) is 1. The lowest BCUT2D eigenvalue weighted by Gasteiger charge is -2.33. The van der Waals surface area contributed by atoms with E-state index in [2.05, 4.69) is 57.3 Å². The lowest BCUT2D eigenvalue weighted by Crippen LogP contribution is -2.25. The lowest BCUT2D eigenvalue weighted by molar-refractivity contribution is -0.123. The van der Waals surface area contributed by atoms with Crippen LogP contribution in [0.2, 0.25) is 5.02 Å². The minimum absolute atomic E-state index is 0.0739. The normalized spacial score (nSPS) is 12.2. The van der Waals surface area contributed by atoms with Crippen LogP contribution in [0.25, 0.3) is 0 Å². The Morgan fingerprint density at radius 1 is 1.04 bits per heavy atom. The van der Waals surface area contributed by atoms with Crippen LogP contribution in [-0.2, 0) is 10.2 Å². The zero-order chi connectivity index (χ0) is 20.8. The van der Waals surface area contributed by atoms with Crippen molar-refractivity contribution in [2.45, 2.75) is 46.5 Å². The van der Waals surface area contributed by atoms with Crippen molar-refractivity contribution in [1.82, 2.24) is 5.43 Å². The summed E-state index contributed by atoms with van der Waals surface area (Å²) in [6, 6.07) is 15.1. The molecule has 0 heterocycles. The fourth-order valence-electron chi connectivity index (χ4n) is 3.34. The molecule has 2 aromatic rings. The third-order valence-electron chi connectivity index (χ3n) is 4.25. The molecule has 2 aromatic carbocycles. The molecule has 0 atom stereocenters. The Hall–Kier alpha value is -2.33. The molecule has 0 unspecified atom stereocenters. The van der Waals surface area contributed by atoms with Gasteiger partial charge in [-0.3, -0.25) is 4.79 Å². The van der Waals surface area contributed by atoms with Crippen molar-refractivity contribution < 1.29 is 9.53 Å². The number of carbonyl (C=O) groups is 1. The van der Waals surface area contributed by atoms with E-state index in [1.807, 2.05) is 24.3 Å². The molecule has 0 saturated carbocycles. The van der Waals surface area contributed by atoms with Gasteiger partial charge in [0.1, 0.15) is 5.75 Å². The first kappa shape index (κ1) is 22.0. The molecule has 0 radical (unpaired) electrons. The van der Waals surface area contributed by atoms with Crippen LogP contribution in [0.4, 0.5) is 0 Å². The molecule has 0 spiro atoms. The lowest BCUT2D eigenvalue weighted by atomic mass is 9.72. The predicted octanol–water partition coefficient (Wildman–Crippen LogP) is 5.58. The molecule has 1 amide bonds. The van der Waals surface area contributed by atoms with Gasteiger partial charge >= 0.3 is 0 Å². The van der Waals surface area contributed by atoms with Gasteiger partial charge in [-0.2, -0.15) is 5.10 Å². The second kappa shape index (κ2) is 9.24. The van der Waals surface area contributed by atoms with E-state index in [-0.39, 0.29) is 23.3 Å². The molecular weight excluding hydrogens is 372 g/mol. The van der Waals surface area contributed by atoms with Crippen molar-refractivity contribution in [2.24, 2.45) is 10.5 Å². The van der Waals surface area contributed by atoms with Crippen LogP contribution in [0.15, 0.2) is 53.6 Å². The second-order valence-electron chi connectivity index (χ2n) is 8.78. The van der Waals surface area contributed by atoms with E-state index in [0.29, 0.717) is 10.8 Å². The fourth-order valence-corrected chi connectivity index (χ4v) is 3.47. The molecule has 0 fully saturated rings. The first-order valence-electron chi connectivity index (χ1n) is 9.36. The van der Waals surface area contributed by atoms with E-state index in [1.54, 1.807) is 18.3 Å². The summed E-state index contributed by atoms with van der Waals surface area (Å²) in [5.41, 5.74) is 4.88. The molecule has 0 aliphatic heterocycles. The minimum Gasteiger partial charge on any atom is -0.484 e. The predicted molar refractivity (Wildman–Crippen MR) is 116 cm³/mol. The number of hydrogen-bond acceptors (Lipinski definition) is 3. The fraction of sp³-hybridized carbons (Fsp3) is 0.391. The SMILES string of the molecule is CC(C)(C)CC(C)(C)c1ccc(OCC(=O)N/N=C/c2ccc(Cl)cc2)cc1. The van der Waals surface area contributed by atoms with Crippen LogP contribution in [0, 0.1) is 5.41 Å². The number of amides is 1. The Morgan fingerprint density at radius 3 is 2.21 bits per heavy atom. The van der Waals surface area contributed by atoms with Gasteiger partial charge in [0.05, 0.1) is 6.21 Å². The van der Waals surface area contributed by atoms with Crippen molar-refractivity contribution in [3.63, 3.8) is 0 Å². The summed E-state index contributed by atoms with van der Waals surface area (Å²) in [7, 11) is 0. The molecule has 5 heteroatoms. The third-order valence-corrected chi connectivity index (χ3v) is 4.50. The highest BCUT2D eigenvalue weighted by Gasteiger charge is 2.27. The van der Waals surface area contributed by atoms with Gasteiger partial charge in [0.2, 0.25) is 0 Å². The Bertz CT molecular complexity index is 804. The quantitative estimate of drug-likeness (QED) is 0.487. The molecular formula is C23H29ClN2O2. The van der Waals surface area contributed by atoms with Gasteiger partial charge in [0, 0.05) is 5.02 Å². The number of carbonyl (C=O) groups excluding carboxylic acids is 1. The van der Waals surface area contributed by atoms with Crippen LogP contribution in [0.1, 0.15) is 52.2 Å². The summed E-state index contributed by atoms with van der Waals surface area (Å²) < 4.78 is 5.55. The second-order valence-corrected chi connectivity index (χ2v) is 9.22. The van der Waals surface area contributed by atoms with Gasteiger partial charge in [0.25, 0.3) is 5.91 Å². The summed E-state index contributed by atoms with van der Waals surface area (Å²) in [5.74, 6) is 0.342. The van der Waals surface area contributed by atoms with E-state index in [0.717, 1.165) is 12.0 Å². The van der Waals surface area contributed by atoms with E-state index in [1.165, 1.54) is 5.56 Å². The molecule has 0 aliphatic carbocycles. The number of nitrogens with one attached hydrogen (secondary N) is 1. The zero-order valence-electron chi connectivity index (χ0n) is 17.3. The summed E-state index contributed by atoms with van der Waals surface area (Å²) in [4.78, 5) is 11.9. The molecule has 1 N–H and O–H groups in total. The molecule has 2 rings (SSSR count). The van der Waals surface area contributed by atoms with E-state index >= 15 is 0 Å². The largest absolute Gasteiger partial charge is 0.484 e.